The van der Waals surface area contributed by atoms with Gasteiger partial charge in [-0.25, -0.2) is 0 Å². The van der Waals surface area contributed by atoms with Crippen LogP contribution in [0, 0.1) is 0 Å². The van der Waals surface area contributed by atoms with E-state index in [1.54, 1.807) is 18.2 Å². The van der Waals surface area contributed by atoms with Crippen molar-refractivity contribution >= 4 is 5.97 Å². The molecular weight excluding hydrogens is 192 g/mol. The number of phenols is 1. The molecule has 0 bridgehead atoms. The normalized spacial score (nSPS) is 12.4. The standard InChI is InChI=1S/C12H16O3/c1-3-8(2)10-6-9(7-12(14)15)4-5-11(10)13/h4-6,8,13H,3,7H2,1-2H3,(H,14,15). The fourth-order valence-electron chi connectivity index (χ4n) is 1.50. The van der Waals surface area contributed by atoms with Crippen LogP contribution in [0.4, 0.5) is 0 Å². The van der Waals surface area contributed by atoms with Crippen molar-refractivity contribution in [3.05, 3.63) is 29.3 Å². The molecule has 0 radical (unpaired) electrons. The molecule has 3 nitrogen and oxygen atoms in total. The van der Waals surface area contributed by atoms with Gasteiger partial charge in [-0.15, -0.1) is 0 Å². The molecule has 0 aliphatic carbocycles. The molecule has 0 spiro atoms. The van der Waals surface area contributed by atoms with Crippen LogP contribution in [-0.4, -0.2) is 16.2 Å². The molecule has 2 N–H and O–H groups in total. The van der Waals surface area contributed by atoms with Crippen LogP contribution in [-0.2, 0) is 11.2 Å². The van der Waals surface area contributed by atoms with Crippen LogP contribution in [0.5, 0.6) is 5.75 Å². The van der Waals surface area contributed by atoms with Crippen LogP contribution in [0.15, 0.2) is 18.2 Å². The Morgan fingerprint density at radius 3 is 2.67 bits per heavy atom. The predicted octanol–water partition coefficient (Wildman–Crippen LogP) is 2.53. The number of aliphatic carboxylic acids is 1. The lowest BCUT2D eigenvalue weighted by molar-refractivity contribution is -0.136. The number of carbonyl (C=O) groups is 1. The Morgan fingerprint density at radius 2 is 2.13 bits per heavy atom. The largest absolute Gasteiger partial charge is 0.508 e. The second kappa shape index (κ2) is 4.82. The smallest absolute Gasteiger partial charge is 0.307 e. The Balaban J connectivity index is 2.99. The zero-order valence-electron chi connectivity index (χ0n) is 9.03. The van der Waals surface area contributed by atoms with Gasteiger partial charge in [-0.1, -0.05) is 26.0 Å². The first-order valence-electron chi connectivity index (χ1n) is 5.08. The van der Waals surface area contributed by atoms with Crippen LogP contribution in [0.2, 0.25) is 0 Å². The van der Waals surface area contributed by atoms with Gasteiger partial charge in [0.05, 0.1) is 6.42 Å². The Bertz CT molecular complexity index is 358. The van der Waals surface area contributed by atoms with E-state index in [0.29, 0.717) is 0 Å². The Kier molecular flexibility index (Phi) is 3.72. The van der Waals surface area contributed by atoms with Crippen molar-refractivity contribution < 1.29 is 15.0 Å². The summed E-state index contributed by atoms with van der Waals surface area (Å²) in [5, 5.41) is 18.3. The van der Waals surface area contributed by atoms with Crippen molar-refractivity contribution in [3.8, 4) is 5.75 Å². The molecule has 0 aliphatic heterocycles. The number of aromatic hydroxyl groups is 1. The number of carboxylic acid groups (broad SMARTS) is 1. The third-order valence-corrected chi connectivity index (χ3v) is 2.59. The SMILES string of the molecule is CCC(C)c1cc(CC(=O)O)ccc1O. The minimum atomic E-state index is -0.851. The summed E-state index contributed by atoms with van der Waals surface area (Å²) in [4.78, 5) is 10.5. The maximum absolute atomic E-state index is 10.5. The van der Waals surface area contributed by atoms with E-state index in [0.717, 1.165) is 17.5 Å². The summed E-state index contributed by atoms with van der Waals surface area (Å²) in [6.45, 7) is 4.05. The maximum Gasteiger partial charge on any atom is 0.307 e. The van der Waals surface area contributed by atoms with E-state index in [-0.39, 0.29) is 18.1 Å². The van der Waals surface area contributed by atoms with Gasteiger partial charge in [0, 0.05) is 0 Å². The molecule has 1 rings (SSSR count). The summed E-state index contributed by atoms with van der Waals surface area (Å²) >= 11 is 0. The first kappa shape index (κ1) is 11.6. The molecule has 15 heavy (non-hydrogen) atoms. The maximum atomic E-state index is 10.5. The van der Waals surface area contributed by atoms with Crippen molar-refractivity contribution in [3.63, 3.8) is 0 Å². The highest BCUT2D eigenvalue weighted by atomic mass is 16.4. The third-order valence-electron chi connectivity index (χ3n) is 2.59. The highest BCUT2D eigenvalue weighted by molar-refractivity contribution is 5.70. The van der Waals surface area contributed by atoms with E-state index in [1.165, 1.54) is 0 Å². The zero-order valence-corrected chi connectivity index (χ0v) is 9.03. The van der Waals surface area contributed by atoms with Crippen molar-refractivity contribution in [1.82, 2.24) is 0 Å². The molecule has 1 unspecified atom stereocenters. The summed E-state index contributed by atoms with van der Waals surface area (Å²) in [6.07, 6.45) is 0.924. The van der Waals surface area contributed by atoms with Gasteiger partial charge < -0.3 is 10.2 Å². The zero-order chi connectivity index (χ0) is 11.4. The molecule has 0 saturated carbocycles. The molecule has 0 amide bonds. The van der Waals surface area contributed by atoms with Crippen LogP contribution in [0.25, 0.3) is 0 Å². The van der Waals surface area contributed by atoms with Crippen molar-refractivity contribution in [2.45, 2.75) is 32.6 Å². The highest BCUT2D eigenvalue weighted by Crippen LogP contribution is 2.28. The molecule has 0 aliphatic rings. The first-order chi connectivity index (χ1) is 7.04. The molecule has 1 aromatic carbocycles. The fraction of sp³-hybridized carbons (Fsp3) is 0.417. The van der Waals surface area contributed by atoms with Crippen molar-refractivity contribution in [2.75, 3.05) is 0 Å². The quantitative estimate of drug-likeness (QED) is 0.799. The third kappa shape index (κ3) is 2.98. The molecule has 0 aromatic heterocycles. The number of hydrogen-bond acceptors (Lipinski definition) is 2. The number of phenolic OH excluding ortho intramolecular Hbond substituents is 1. The van der Waals surface area contributed by atoms with Crippen molar-refractivity contribution in [1.29, 1.82) is 0 Å². The summed E-state index contributed by atoms with van der Waals surface area (Å²) in [7, 11) is 0. The van der Waals surface area contributed by atoms with Crippen LogP contribution < -0.4 is 0 Å². The second-order valence-corrected chi connectivity index (χ2v) is 3.77. The lowest BCUT2D eigenvalue weighted by Gasteiger charge is -2.12. The summed E-state index contributed by atoms with van der Waals surface area (Å²) in [5.41, 5.74) is 1.56. The molecule has 1 atom stereocenters. The summed E-state index contributed by atoms with van der Waals surface area (Å²) < 4.78 is 0. The fourth-order valence-corrected chi connectivity index (χ4v) is 1.50. The van der Waals surface area contributed by atoms with Gasteiger partial charge in [-0.05, 0) is 29.5 Å². The monoisotopic (exact) mass is 208 g/mol. The second-order valence-electron chi connectivity index (χ2n) is 3.77. The molecule has 3 heteroatoms. The van der Waals surface area contributed by atoms with Crippen LogP contribution in [0.1, 0.15) is 37.3 Å². The van der Waals surface area contributed by atoms with Gasteiger partial charge >= 0.3 is 5.97 Å². The number of benzene rings is 1. The van der Waals surface area contributed by atoms with Gasteiger partial charge in [0.1, 0.15) is 5.75 Å². The number of hydrogen-bond donors (Lipinski definition) is 2. The van der Waals surface area contributed by atoms with Gasteiger partial charge in [0.2, 0.25) is 0 Å². The van der Waals surface area contributed by atoms with E-state index >= 15 is 0 Å². The average molecular weight is 208 g/mol. The number of carboxylic acids is 1. The molecule has 82 valence electrons. The summed E-state index contributed by atoms with van der Waals surface area (Å²) in [5.74, 6) is -0.354. The van der Waals surface area contributed by atoms with Crippen LogP contribution in [0.3, 0.4) is 0 Å². The molecule has 0 saturated heterocycles. The minimum absolute atomic E-state index is 0.00368. The van der Waals surface area contributed by atoms with E-state index in [1.807, 2.05) is 13.8 Å². The highest BCUT2D eigenvalue weighted by Gasteiger charge is 2.10. The van der Waals surface area contributed by atoms with Crippen molar-refractivity contribution in [2.24, 2.45) is 0 Å². The minimum Gasteiger partial charge on any atom is -0.508 e. The van der Waals surface area contributed by atoms with Gasteiger partial charge in [0.25, 0.3) is 0 Å². The summed E-state index contributed by atoms with van der Waals surface area (Å²) in [6, 6.07) is 4.99. The Hall–Kier alpha value is -1.51. The predicted molar refractivity (Wildman–Crippen MR) is 58.2 cm³/mol. The molecule has 0 fully saturated rings. The van der Waals surface area contributed by atoms with Crippen LogP contribution >= 0.6 is 0 Å². The topological polar surface area (TPSA) is 57.5 Å². The Labute approximate surface area is 89.4 Å². The number of rotatable bonds is 4. The lowest BCUT2D eigenvalue weighted by atomic mass is 9.95. The lowest BCUT2D eigenvalue weighted by Crippen LogP contribution is -2.01. The van der Waals surface area contributed by atoms with Gasteiger partial charge in [-0.2, -0.15) is 0 Å². The Morgan fingerprint density at radius 1 is 1.47 bits per heavy atom. The molecule has 0 heterocycles. The molecular formula is C12H16O3. The molecule has 1 aromatic rings. The van der Waals surface area contributed by atoms with E-state index in [2.05, 4.69) is 0 Å². The van der Waals surface area contributed by atoms with Gasteiger partial charge in [-0.3, -0.25) is 4.79 Å². The first-order valence-corrected chi connectivity index (χ1v) is 5.08. The van der Waals surface area contributed by atoms with E-state index in [9.17, 15) is 9.90 Å². The van der Waals surface area contributed by atoms with E-state index in [4.69, 9.17) is 5.11 Å². The van der Waals surface area contributed by atoms with E-state index < -0.39 is 5.97 Å². The average Bonchev–Trinajstić information content (AvgIpc) is 2.19. The van der Waals surface area contributed by atoms with Gasteiger partial charge in [0.15, 0.2) is 0 Å².